The molecular weight excluding hydrogens is 390 g/mol. The van der Waals surface area contributed by atoms with E-state index in [1.165, 1.54) is 0 Å². The molecule has 6 heteroatoms. The molecule has 2 aromatic rings. The third kappa shape index (κ3) is 3.65. The van der Waals surface area contributed by atoms with E-state index in [4.69, 9.17) is 0 Å². The predicted molar refractivity (Wildman–Crippen MR) is 97.8 cm³/mol. The largest absolute Gasteiger partial charge is 0.337 e. The van der Waals surface area contributed by atoms with Gasteiger partial charge in [-0.05, 0) is 30.3 Å². The van der Waals surface area contributed by atoms with Crippen molar-refractivity contribution >= 4 is 38.4 Å². The zero-order chi connectivity index (χ0) is 17.1. The van der Waals surface area contributed by atoms with Gasteiger partial charge in [0.25, 0.3) is 5.91 Å². The summed E-state index contributed by atoms with van der Waals surface area (Å²) in [6.45, 7) is 0.929. The van der Waals surface area contributed by atoms with Crippen molar-refractivity contribution in [3.05, 3.63) is 69.7 Å². The summed E-state index contributed by atoms with van der Waals surface area (Å²) >= 11 is 3.35. The molecule has 1 aliphatic heterocycles. The third-order valence-corrected chi connectivity index (χ3v) is 5.78. The quantitative estimate of drug-likeness (QED) is 0.737. The van der Waals surface area contributed by atoms with Crippen molar-refractivity contribution < 1.29 is 13.8 Å². The Morgan fingerprint density at radius 1 is 0.917 bits per heavy atom. The Kier molecular flexibility index (Phi) is 5.26. The maximum absolute atomic E-state index is 12.8. The minimum absolute atomic E-state index is 0.173. The Morgan fingerprint density at radius 2 is 1.50 bits per heavy atom. The van der Waals surface area contributed by atoms with Crippen LogP contribution >= 0.6 is 15.9 Å². The fraction of sp³-hybridized carbons (Fsp3) is 0.222. The summed E-state index contributed by atoms with van der Waals surface area (Å²) in [4.78, 5) is 27.2. The Morgan fingerprint density at radius 3 is 2.12 bits per heavy atom. The lowest BCUT2D eigenvalue weighted by molar-refractivity contribution is 0.0766. The summed E-state index contributed by atoms with van der Waals surface area (Å²) in [7, 11) is -0.845. The van der Waals surface area contributed by atoms with Crippen molar-refractivity contribution in [1.82, 2.24) is 4.90 Å². The number of amides is 1. The summed E-state index contributed by atoms with van der Waals surface area (Å²) in [6, 6.07) is 14.0. The number of hydrogen-bond acceptors (Lipinski definition) is 3. The summed E-state index contributed by atoms with van der Waals surface area (Å²) in [5.41, 5.74) is 1.34. The third-order valence-electron chi connectivity index (χ3n) is 3.97. The normalized spacial score (nSPS) is 15.3. The van der Waals surface area contributed by atoms with Crippen LogP contribution in [0.1, 0.15) is 26.3 Å². The fourth-order valence-corrected chi connectivity index (χ4v) is 3.95. The van der Waals surface area contributed by atoms with E-state index < -0.39 is 10.8 Å². The number of hydrogen-bond donors (Lipinski definition) is 0. The SMILES string of the molecule is O=C(c1ccc(Br)cc1)c1ccccc1C(=O)N1CCS(=O)CC1. The van der Waals surface area contributed by atoms with Crippen molar-refractivity contribution in [1.29, 1.82) is 0 Å². The maximum atomic E-state index is 12.8. The molecule has 1 saturated heterocycles. The van der Waals surface area contributed by atoms with E-state index in [1.54, 1.807) is 53.4 Å². The molecule has 24 heavy (non-hydrogen) atoms. The van der Waals surface area contributed by atoms with Gasteiger partial charge in [0.2, 0.25) is 0 Å². The minimum atomic E-state index is -0.845. The number of halogens is 1. The van der Waals surface area contributed by atoms with E-state index in [0.717, 1.165) is 4.47 Å². The summed E-state index contributed by atoms with van der Waals surface area (Å²) in [5, 5.41) is 0. The van der Waals surface area contributed by atoms with Crippen molar-refractivity contribution in [3.63, 3.8) is 0 Å². The molecule has 0 N–H and O–H groups in total. The highest BCUT2D eigenvalue weighted by atomic mass is 79.9. The molecule has 4 nitrogen and oxygen atoms in total. The van der Waals surface area contributed by atoms with Crippen LogP contribution in [0.4, 0.5) is 0 Å². The average molecular weight is 406 g/mol. The van der Waals surface area contributed by atoms with Crippen molar-refractivity contribution in [3.8, 4) is 0 Å². The van der Waals surface area contributed by atoms with Gasteiger partial charge in [-0.25, -0.2) is 0 Å². The van der Waals surface area contributed by atoms with Gasteiger partial charge in [0.15, 0.2) is 5.78 Å². The second kappa shape index (κ2) is 7.40. The van der Waals surface area contributed by atoms with Crippen LogP contribution < -0.4 is 0 Å². The van der Waals surface area contributed by atoms with Crippen LogP contribution in [0.15, 0.2) is 53.0 Å². The van der Waals surface area contributed by atoms with Crippen LogP contribution in [0.25, 0.3) is 0 Å². The van der Waals surface area contributed by atoms with Gasteiger partial charge in [-0.15, -0.1) is 0 Å². The number of carbonyl (C=O) groups is 2. The van der Waals surface area contributed by atoms with Crippen LogP contribution in [0, 0.1) is 0 Å². The Balaban J connectivity index is 1.90. The molecule has 124 valence electrons. The van der Waals surface area contributed by atoms with Crippen LogP contribution in [-0.4, -0.2) is 45.4 Å². The number of rotatable bonds is 3. The summed E-state index contributed by atoms with van der Waals surface area (Å²) in [6.07, 6.45) is 0. The topological polar surface area (TPSA) is 54.5 Å². The highest BCUT2D eigenvalue weighted by molar-refractivity contribution is 9.10. The number of ketones is 1. The molecule has 0 radical (unpaired) electrons. The van der Waals surface area contributed by atoms with Gasteiger partial charge in [-0.3, -0.25) is 13.8 Å². The van der Waals surface area contributed by atoms with Gasteiger partial charge in [-0.2, -0.15) is 0 Å². The monoisotopic (exact) mass is 405 g/mol. The molecule has 0 unspecified atom stereocenters. The number of carbonyl (C=O) groups excluding carboxylic acids is 2. The maximum Gasteiger partial charge on any atom is 0.254 e. The molecule has 3 rings (SSSR count). The molecule has 2 aromatic carbocycles. The predicted octanol–water partition coefficient (Wildman–Crippen LogP) is 2.88. The fourth-order valence-electron chi connectivity index (χ4n) is 2.64. The molecule has 0 bridgehead atoms. The Bertz CT molecular complexity index is 794. The molecule has 0 spiro atoms. The zero-order valence-electron chi connectivity index (χ0n) is 12.9. The summed E-state index contributed by atoms with van der Waals surface area (Å²) < 4.78 is 12.4. The first-order valence-electron chi connectivity index (χ1n) is 7.60. The smallest absolute Gasteiger partial charge is 0.254 e. The molecule has 1 heterocycles. The standard InChI is InChI=1S/C18H16BrNO3S/c19-14-7-5-13(6-8-14)17(21)15-3-1-2-4-16(15)18(22)20-9-11-24(23)12-10-20/h1-8H,9-12H2. The lowest BCUT2D eigenvalue weighted by Crippen LogP contribution is -2.42. The molecule has 0 aromatic heterocycles. The number of benzene rings is 2. The van der Waals surface area contributed by atoms with E-state index in [9.17, 15) is 13.8 Å². The number of nitrogens with zero attached hydrogens (tertiary/aromatic N) is 1. The van der Waals surface area contributed by atoms with Crippen LogP contribution in [0.3, 0.4) is 0 Å². The zero-order valence-corrected chi connectivity index (χ0v) is 15.3. The van der Waals surface area contributed by atoms with E-state index in [2.05, 4.69) is 15.9 Å². The van der Waals surface area contributed by atoms with E-state index in [-0.39, 0.29) is 11.7 Å². The Labute approximate surface area is 151 Å². The van der Waals surface area contributed by atoms with Gasteiger partial charge >= 0.3 is 0 Å². The average Bonchev–Trinajstić information content (AvgIpc) is 2.62. The second-order valence-electron chi connectivity index (χ2n) is 5.52. The molecule has 0 atom stereocenters. The first kappa shape index (κ1) is 17.0. The minimum Gasteiger partial charge on any atom is -0.337 e. The van der Waals surface area contributed by atoms with Gasteiger partial charge in [-0.1, -0.05) is 34.1 Å². The molecule has 0 aliphatic carbocycles. The van der Waals surface area contributed by atoms with Gasteiger partial charge in [0.05, 0.1) is 5.56 Å². The second-order valence-corrected chi connectivity index (χ2v) is 8.13. The van der Waals surface area contributed by atoms with Crippen molar-refractivity contribution in [2.24, 2.45) is 0 Å². The van der Waals surface area contributed by atoms with Crippen molar-refractivity contribution in [2.75, 3.05) is 24.6 Å². The Hall–Kier alpha value is -1.79. The molecular formula is C18H16BrNO3S. The van der Waals surface area contributed by atoms with Crippen molar-refractivity contribution in [2.45, 2.75) is 0 Å². The van der Waals surface area contributed by atoms with E-state index in [1.807, 2.05) is 0 Å². The molecule has 1 fully saturated rings. The molecule has 0 saturated carbocycles. The van der Waals surface area contributed by atoms with Gasteiger partial charge in [0.1, 0.15) is 0 Å². The lowest BCUT2D eigenvalue weighted by atomic mass is 9.97. The molecule has 1 amide bonds. The highest BCUT2D eigenvalue weighted by Gasteiger charge is 2.25. The van der Waals surface area contributed by atoms with Gasteiger partial charge < -0.3 is 4.90 Å². The van der Waals surface area contributed by atoms with Crippen LogP contribution in [0.5, 0.6) is 0 Å². The van der Waals surface area contributed by atoms with Crippen LogP contribution in [0.2, 0.25) is 0 Å². The first-order valence-corrected chi connectivity index (χ1v) is 9.88. The van der Waals surface area contributed by atoms with Gasteiger partial charge in [0, 0.05) is 51.0 Å². The lowest BCUT2D eigenvalue weighted by Gasteiger charge is -2.27. The van der Waals surface area contributed by atoms with Crippen LogP contribution in [-0.2, 0) is 10.8 Å². The van der Waals surface area contributed by atoms with E-state index in [0.29, 0.717) is 41.3 Å². The molecule has 1 aliphatic rings. The summed E-state index contributed by atoms with van der Waals surface area (Å²) in [5.74, 6) is 0.642. The highest BCUT2D eigenvalue weighted by Crippen LogP contribution is 2.19. The van der Waals surface area contributed by atoms with E-state index >= 15 is 0 Å². The first-order chi connectivity index (χ1) is 11.6.